The van der Waals surface area contributed by atoms with Crippen LogP contribution >= 0.6 is 0 Å². The summed E-state index contributed by atoms with van der Waals surface area (Å²) in [4.78, 5) is 0. The molecule has 0 bridgehead atoms. The number of hydrogen-bond donors (Lipinski definition) is 2. The number of aliphatic hydroxyl groups is 1. The van der Waals surface area contributed by atoms with Crippen molar-refractivity contribution in [3.05, 3.63) is 22.9 Å². The summed E-state index contributed by atoms with van der Waals surface area (Å²) < 4.78 is 19.3. The van der Waals surface area contributed by atoms with Gasteiger partial charge in [-0.05, 0) is 26.8 Å². The van der Waals surface area contributed by atoms with Gasteiger partial charge in [0.2, 0.25) is 0 Å². The van der Waals surface area contributed by atoms with Gasteiger partial charge in [0, 0.05) is 16.5 Å². The van der Waals surface area contributed by atoms with Crippen LogP contribution in [0.15, 0.2) is 6.07 Å². The molecule has 2 N–H and O–H groups in total. The highest BCUT2D eigenvalue weighted by Gasteiger charge is 2.49. The van der Waals surface area contributed by atoms with E-state index in [-0.39, 0.29) is 24.6 Å². The first-order valence-corrected chi connectivity index (χ1v) is 7.76. The maximum Gasteiger partial charge on any atom is 0.164 e. The number of nitrogens with zero attached hydrogens (tertiary/aromatic N) is 1. The van der Waals surface area contributed by atoms with Gasteiger partial charge in [0.15, 0.2) is 5.79 Å². The maximum atomic E-state index is 10.6. The fraction of sp³-hybridized carbons (Fsp3) is 0.529. The molecule has 0 unspecified atom stereocenters. The SMILES string of the molecule is COc1cc2c(CO)c3n(c2c(O)c1C)C[C@H]1OC(C)(C)O[C@@H]31. The minimum absolute atomic E-state index is 0.100. The normalized spacial score (nSPS) is 24.9. The molecule has 2 aromatic rings. The third kappa shape index (κ3) is 1.86. The van der Waals surface area contributed by atoms with E-state index in [1.54, 1.807) is 7.11 Å². The molecule has 2 aliphatic heterocycles. The van der Waals surface area contributed by atoms with Crippen LogP contribution in [0.5, 0.6) is 11.5 Å². The Kier molecular flexibility index (Phi) is 2.98. The lowest BCUT2D eigenvalue weighted by molar-refractivity contribution is -0.151. The molecule has 1 saturated heterocycles. The fourth-order valence-electron chi connectivity index (χ4n) is 3.93. The molecule has 23 heavy (non-hydrogen) atoms. The second-order valence-corrected chi connectivity index (χ2v) is 6.68. The number of aliphatic hydroxyl groups excluding tert-OH is 1. The summed E-state index contributed by atoms with van der Waals surface area (Å²) in [5.74, 6) is 0.147. The van der Waals surface area contributed by atoms with Gasteiger partial charge in [0.05, 0.1) is 31.5 Å². The number of aromatic hydroxyl groups is 1. The molecule has 6 nitrogen and oxygen atoms in total. The highest BCUT2D eigenvalue weighted by molar-refractivity contribution is 5.93. The molecule has 0 amide bonds. The molecular weight excluding hydrogens is 298 g/mol. The van der Waals surface area contributed by atoms with Gasteiger partial charge >= 0.3 is 0 Å². The molecule has 1 aromatic carbocycles. The standard InChI is InChI=1S/C17H21NO5/c1-8-11(21-4)5-9-10(7-19)14-16-12(22-17(2,3)23-16)6-18(14)13(9)15(8)20/h5,12,16,19-20H,6-7H2,1-4H3/t12-,16-/m1/s1. The Morgan fingerprint density at radius 1 is 1.39 bits per heavy atom. The molecule has 2 aliphatic rings. The number of phenols is 1. The van der Waals surface area contributed by atoms with Gasteiger partial charge in [-0.2, -0.15) is 0 Å². The van der Waals surface area contributed by atoms with Crippen LogP contribution in [0.4, 0.5) is 0 Å². The second-order valence-electron chi connectivity index (χ2n) is 6.68. The monoisotopic (exact) mass is 319 g/mol. The van der Waals surface area contributed by atoms with Gasteiger partial charge in [-0.25, -0.2) is 0 Å². The van der Waals surface area contributed by atoms with Crippen molar-refractivity contribution < 1.29 is 24.4 Å². The first-order valence-electron chi connectivity index (χ1n) is 7.76. The molecule has 0 spiro atoms. The van der Waals surface area contributed by atoms with Crippen LogP contribution < -0.4 is 4.74 Å². The summed E-state index contributed by atoms with van der Waals surface area (Å²) in [5, 5.41) is 21.4. The minimum Gasteiger partial charge on any atom is -0.505 e. The summed E-state index contributed by atoms with van der Waals surface area (Å²) in [6, 6.07) is 1.87. The van der Waals surface area contributed by atoms with Crippen molar-refractivity contribution in [2.45, 2.75) is 51.9 Å². The molecule has 0 aliphatic carbocycles. The predicted octanol–water partition coefficient (Wildman–Crippen LogP) is 2.36. The third-order valence-electron chi connectivity index (χ3n) is 4.87. The Hall–Kier alpha value is -1.76. The van der Waals surface area contributed by atoms with Gasteiger partial charge in [-0.15, -0.1) is 0 Å². The van der Waals surface area contributed by atoms with Crippen molar-refractivity contribution in [2.24, 2.45) is 0 Å². The van der Waals surface area contributed by atoms with Crippen LogP contribution in [0.25, 0.3) is 10.9 Å². The van der Waals surface area contributed by atoms with Crippen molar-refractivity contribution in [1.82, 2.24) is 4.57 Å². The summed E-state index contributed by atoms with van der Waals surface area (Å²) in [7, 11) is 1.57. The van der Waals surface area contributed by atoms with E-state index in [4.69, 9.17) is 14.2 Å². The van der Waals surface area contributed by atoms with Crippen LogP contribution in [0.3, 0.4) is 0 Å². The lowest BCUT2D eigenvalue weighted by Crippen LogP contribution is -2.23. The Labute approximate surface area is 134 Å². The van der Waals surface area contributed by atoms with Crippen LogP contribution in [-0.2, 0) is 22.6 Å². The number of hydrogen-bond acceptors (Lipinski definition) is 5. The van der Waals surface area contributed by atoms with E-state index in [1.165, 1.54) is 0 Å². The Bertz CT molecular complexity index is 807. The predicted molar refractivity (Wildman–Crippen MR) is 83.6 cm³/mol. The molecule has 2 atom stereocenters. The number of ether oxygens (including phenoxy) is 3. The van der Waals surface area contributed by atoms with Crippen LogP contribution in [-0.4, -0.2) is 33.8 Å². The Morgan fingerprint density at radius 3 is 2.78 bits per heavy atom. The molecule has 6 heteroatoms. The Balaban J connectivity index is 2.00. The summed E-state index contributed by atoms with van der Waals surface area (Å²) in [6.07, 6.45) is -0.332. The highest BCUT2D eigenvalue weighted by Crippen LogP contribution is 2.50. The smallest absolute Gasteiger partial charge is 0.164 e. The molecule has 124 valence electrons. The van der Waals surface area contributed by atoms with Crippen molar-refractivity contribution in [3.8, 4) is 11.5 Å². The number of phenolic OH excluding ortho intramolecular Hbond substituents is 1. The van der Waals surface area contributed by atoms with Gasteiger partial charge in [0.25, 0.3) is 0 Å². The van der Waals surface area contributed by atoms with Gasteiger partial charge in [0.1, 0.15) is 23.7 Å². The zero-order valence-electron chi connectivity index (χ0n) is 13.7. The topological polar surface area (TPSA) is 73.1 Å². The van der Waals surface area contributed by atoms with Gasteiger partial charge in [-0.1, -0.05) is 0 Å². The van der Waals surface area contributed by atoms with E-state index in [9.17, 15) is 10.2 Å². The van der Waals surface area contributed by atoms with E-state index < -0.39 is 5.79 Å². The van der Waals surface area contributed by atoms with E-state index in [0.29, 0.717) is 23.4 Å². The van der Waals surface area contributed by atoms with Crippen LogP contribution in [0.2, 0.25) is 0 Å². The van der Waals surface area contributed by atoms with Crippen LogP contribution in [0, 0.1) is 6.92 Å². The zero-order chi connectivity index (χ0) is 16.5. The molecular formula is C17H21NO5. The van der Waals surface area contributed by atoms with E-state index in [0.717, 1.165) is 16.6 Å². The molecule has 0 radical (unpaired) electrons. The lowest BCUT2D eigenvalue weighted by Gasteiger charge is -2.19. The van der Waals surface area contributed by atoms with Crippen molar-refractivity contribution >= 4 is 10.9 Å². The average molecular weight is 319 g/mol. The molecule has 4 rings (SSSR count). The first kappa shape index (κ1) is 14.8. The number of benzene rings is 1. The molecule has 0 saturated carbocycles. The molecule has 1 fully saturated rings. The zero-order valence-corrected chi connectivity index (χ0v) is 13.7. The highest BCUT2D eigenvalue weighted by atomic mass is 16.8. The van der Waals surface area contributed by atoms with Crippen LogP contribution in [0.1, 0.15) is 36.8 Å². The number of fused-ring (bicyclic) bond motifs is 5. The molecule has 3 heterocycles. The van der Waals surface area contributed by atoms with E-state index in [1.807, 2.05) is 31.4 Å². The molecule has 1 aromatic heterocycles. The number of rotatable bonds is 2. The summed E-state index contributed by atoms with van der Waals surface area (Å²) in [6.45, 7) is 6.07. The number of aromatic nitrogens is 1. The largest absolute Gasteiger partial charge is 0.505 e. The van der Waals surface area contributed by atoms with Gasteiger partial charge in [-0.3, -0.25) is 0 Å². The van der Waals surface area contributed by atoms with E-state index >= 15 is 0 Å². The second kappa shape index (κ2) is 4.63. The Morgan fingerprint density at radius 2 is 2.13 bits per heavy atom. The quantitative estimate of drug-likeness (QED) is 0.889. The van der Waals surface area contributed by atoms with Crippen molar-refractivity contribution in [2.75, 3.05) is 7.11 Å². The van der Waals surface area contributed by atoms with Crippen molar-refractivity contribution in [1.29, 1.82) is 0 Å². The van der Waals surface area contributed by atoms with Crippen molar-refractivity contribution in [3.63, 3.8) is 0 Å². The third-order valence-corrected chi connectivity index (χ3v) is 4.87. The maximum absolute atomic E-state index is 10.6. The summed E-state index contributed by atoms with van der Waals surface area (Å²) in [5.41, 5.74) is 3.05. The summed E-state index contributed by atoms with van der Waals surface area (Å²) >= 11 is 0. The van der Waals surface area contributed by atoms with Gasteiger partial charge < -0.3 is 29.0 Å². The lowest BCUT2D eigenvalue weighted by atomic mass is 10.0. The fourth-order valence-corrected chi connectivity index (χ4v) is 3.93. The minimum atomic E-state index is -0.639. The van der Waals surface area contributed by atoms with E-state index in [2.05, 4.69) is 0 Å². The average Bonchev–Trinajstić information content (AvgIpc) is 3.06. The number of methoxy groups -OCH3 is 1. The first-order chi connectivity index (χ1) is 10.9.